The van der Waals surface area contributed by atoms with Crippen molar-refractivity contribution >= 4 is 5.97 Å². The van der Waals surface area contributed by atoms with Gasteiger partial charge in [-0.15, -0.1) is 0 Å². The van der Waals surface area contributed by atoms with Crippen molar-refractivity contribution in [1.29, 1.82) is 1.43 Å². The van der Waals surface area contributed by atoms with Crippen LogP contribution < -0.4 is 17.2 Å². The first-order valence-electron chi connectivity index (χ1n) is 7.46. The third-order valence-corrected chi connectivity index (χ3v) is 1.58. The first kappa shape index (κ1) is 8.50. The van der Waals surface area contributed by atoms with Gasteiger partial charge in [0.1, 0.15) is 2.82 Å². The molecule has 0 fully saturated rings. The summed E-state index contributed by atoms with van der Waals surface area (Å²) < 4.78 is 33.9. The lowest BCUT2D eigenvalue weighted by atomic mass is 10.2. The molecule has 0 saturated heterocycles. The molecule has 0 rings (SSSR count). The average molecular weight is 224 g/mol. The van der Waals surface area contributed by atoms with E-state index in [1.54, 1.807) is 0 Å². The topological polar surface area (TPSA) is 115 Å². The zero-order valence-electron chi connectivity index (χ0n) is 14.1. The Balaban J connectivity index is 0. The largest absolute Gasteiger partial charge is 0.481 e. The Bertz CT molecular complexity index is 245. The van der Waals surface area contributed by atoms with Gasteiger partial charge in [-0.25, -0.2) is 0 Å². The number of hydrogen-bond donors (Lipinski definition) is 4. The van der Waals surface area contributed by atoms with Crippen LogP contribution in [0.25, 0.3) is 1.43 Å². The van der Waals surface area contributed by atoms with E-state index in [2.05, 4.69) is 5.11 Å². The smallest absolute Gasteiger partial charge is 0.303 e. The minimum atomic E-state index is -1.84. The molecule has 0 aliphatic rings. The fraction of sp³-hybridized carbons (Fsp3) is 0.900. The second-order valence-corrected chi connectivity index (χ2v) is 3.02. The molecule has 0 aliphatic heterocycles. The maximum absolute atomic E-state index is 10.2. The first-order chi connectivity index (χ1) is 9.31. The van der Waals surface area contributed by atoms with E-state index >= 15 is 0 Å². The second-order valence-electron chi connectivity index (χ2n) is 3.02. The van der Waals surface area contributed by atoms with E-state index in [1.807, 2.05) is 0 Å². The van der Waals surface area contributed by atoms with Gasteiger partial charge in [-0.05, 0) is 45.3 Å². The number of carboxylic acid groups (broad SMARTS) is 1. The zero-order valence-corrected chi connectivity index (χ0v) is 9.08. The summed E-state index contributed by atoms with van der Waals surface area (Å²) in [5, 5.41) is 3.67. The van der Waals surface area contributed by atoms with E-state index < -0.39 is 12.5 Å². The summed E-state index contributed by atoms with van der Waals surface area (Å²) in [7, 11) is 0. The van der Waals surface area contributed by atoms with Crippen LogP contribution in [0, 0.1) is 0 Å². The molecule has 0 atom stereocenters. The van der Waals surface area contributed by atoms with E-state index in [-0.39, 0.29) is 12.1 Å². The molecule has 0 aromatic heterocycles. The predicted molar refractivity (Wildman–Crippen MR) is 62.5 cm³/mol. The van der Waals surface area contributed by atoms with Crippen LogP contribution >= 0.6 is 0 Å². The Morgan fingerprint density at radius 3 is 2.40 bits per heavy atom. The molecule has 92 valence electrons. The van der Waals surface area contributed by atoms with Crippen LogP contribution in [-0.4, -0.2) is 30.7 Å². The molecule has 5 nitrogen and oxygen atoms in total. The Morgan fingerprint density at radius 1 is 1.20 bits per heavy atom. The molecule has 15 heavy (non-hydrogen) atoms. The van der Waals surface area contributed by atoms with Crippen LogP contribution in [0.15, 0.2) is 0 Å². The molecule has 0 aliphatic carbocycles. The third kappa shape index (κ3) is 24.7. The van der Waals surface area contributed by atoms with Crippen LogP contribution in [0.3, 0.4) is 0 Å². The molecule has 0 radical (unpaired) electrons. The summed E-state index contributed by atoms with van der Waals surface area (Å²) in [5.74, 6) is -0.483. The van der Waals surface area contributed by atoms with Crippen LogP contribution in [0.5, 0.6) is 0 Å². The Hall–Kier alpha value is -0.650. The standard InChI is InChI=1S/C5H14N2.C5H11NO2/c6-4-2-1-3-5-7;6-4-2-1-3-5(7)8/h1-7H2;1-4,6H2,(H,7,8)/i4D2;/hD3. The van der Waals surface area contributed by atoms with Crippen LogP contribution in [0.2, 0.25) is 2.82 Å². The summed E-state index contributed by atoms with van der Waals surface area (Å²) in [5.41, 5.74) is 10.5. The molecule has 0 aromatic rings. The number of unbranched alkanes of at least 4 members (excludes halogenated alkanes) is 2. The first-order valence-corrected chi connectivity index (χ1v) is 5.16. The average Bonchev–Trinajstić information content (AvgIpc) is 2.39. The summed E-state index contributed by atoms with van der Waals surface area (Å²) in [6.07, 6.45) is 3.40. The molecular formula is C10H25N3O2. The van der Waals surface area contributed by atoms with Crippen molar-refractivity contribution in [1.82, 2.24) is 0 Å². The fourth-order valence-corrected chi connectivity index (χ4v) is 0.762. The minimum Gasteiger partial charge on any atom is -0.481 e. The number of rotatable bonds is 9. The zero-order chi connectivity index (χ0) is 16.0. The van der Waals surface area contributed by atoms with Crippen molar-refractivity contribution in [2.75, 3.05) is 19.6 Å². The molecule has 0 unspecified atom stereocenters. The van der Waals surface area contributed by atoms with Gasteiger partial charge >= 0.3 is 5.97 Å². The van der Waals surface area contributed by atoms with E-state index in [9.17, 15) is 4.79 Å². The van der Waals surface area contributed by atoms with Gasteiger partial charge in [-0.3, -0.25) is 4.79 Å². The Kier molecular flexibility index (Phi) is 8.95. The summed E-state index contributed by atoms with van der Waals surface area (Å²) in [6.45, 7) is -0.716. The van der Waals surface area contributed by atoms with Crippen molar-refractivity contribution in [3.05, 3.63) is 0 Å². The van der Waals surface area contributed by atoms with Gasteiger partial charge in [0.2, 0.25) is 0 Å². The highest BCUT2D eigenvalue weighted by molar-refractivity contribution is 5.66. The van der Waals surface area contributed by atoms with Gasteiger partial charge in [0, 0.05) is 9.16 Å². The summed E-state index contributed by atoms with van der Waals surface area (Å²) in [6, 6.07) is 0. The molecule has 0 amide bonds. The molecule has 5 heteroatoms. The van der Waals surface area contributed by atoms with Gasteiger partial charge in [0.05, 0.1) is 0 Å². The maximum atomic E-state index is 10.2. The number of hydrogen-bond acceptors (Lipinski definition) is 5. The molecule has 0 saturated carbocycles. The van der Waals surface area contributed by atoms with Crippen molar-refractivity contribution in [3.63, 3.8) is 0 Å². The van der Waals surface area contributed by atoms with Gasteiger partial charge in [0.25, 0.3) is 1.43 Å². The lowest BCUT2D eigenvalue weighted by Gasteiger charge is -1.91. The number of nitrogens with two attached hydrogens (primary N) is 3. The Morgan fingerprint density at radius 2 is 1.87 bits per heavy atom. The highest BCUT2D eigenvalue weighted by Gasteiger charge is 1.92. The van der Waals surface area contributed by atoms with Gasteiger partial charge in [0.15, 0.2) is 0 Å². The van der Waals surface area contributed by atoms with E-state index in [4.69, 9.17) is 18.5 Å². The summed E-state index contributed by atoms with van der Waals surface area (Å²) in [4.78, 5) is 10.2. The quantitative estimate of drug-likeness (QED) is 0.420. The van der Waals surface area contributed by atoms with Gasteiger partial charge < -0.3 is 22.3 Å². The number of aliphatic carboxylic acids is 1. The summed E-state index contributed by atoms with van der Waals surface area (Å²) >= 11 is 0. The van der Waals surface area contributed by atoms with E-state index in [0.717, 1.165) is 12.8 Å². The lowest BCUT2D eigenvalue weighted by molar-refractivity contribution is -0.137. The normalized spacial score (nSPS) is 15.0. The van der Waals surface area contributed by atoms with Crippen molar-refractivity contribution in [3.8, 4) is 0 Å². The van der Waals surface area contributed by atoms with Crippen LogP contribution in [0.1, 0.15) is 41.3 Å². The van der Waals surface area contributed by atoms with Crippen molar-refractivity contribution < 1.29 is 15.5 Å². The minimum absolute atomic E-state index is 0.101. The molecule has 0 spiro atoms. The van der Waals surface area contributed by atoms with Gasteiger partial charge in [-0.2, -0.15) is 0 Å². The fourth-order valence-electron chi connectivity index (χ4n) is 0.762. The third-order valence-electron chi connectivity index (χ3n) is 1.58. The van der Waals surface area contributed by atoms with Crippen molar-refractivity contribution in [2.24, 2.45) is 17.2 Å². The molecule has 0 aromatic carbocycles. The van der Waals surface area contributed by atoms with E-state index in [1.165, 1.54) is 0 Å². The molecule has 0 heterocycles. The van der Waals surface area contributed by atoms with Crippen LogP contribution in [-0.2, 0) is 4.79 Å². The van der Waals surface area contributed by atoms with Crippen molar-refractivity contribution in [2.45, 2.75) is 38.5 Å². The highest BCUT2D eigenvalue weighted by atomic mass is 16.4. The maximum Gasteiger partial charge on any atom is 0.303 e. The number of carboxylic acids is 1. The SMILES string of the molecule is [2H]N([2H])C([2H])([2H])CCCCN.[2H]OC(=O)CCCCN. The van der Waals surface area contributed by atoms with Gasteiger partial charge in [-0.1, -0.05) is 6.42 Å². The second kappa shape index (κ2) is 15.8. The monoisotopic (exact) mass is 224 g/mol. The predicted octanol–water partition coefficient (Wildman–Crippen LogP) is 0.274. The Labute approximate surface area is 99.2 Å². The number of carbonyl (C=O) groups is 1. The highest BCUT2D eigenvalue weighted by Crippen LogP contribution is 1.91. The van der Waals surface area contributed by atoms with E-state index in [0.29, 0.717) is 32.4 Å². The molecule has 7 N–H and O–H groups in total. The molecule has 0 bridgehead atoms. The molecular weight excluding hydrogens is 194 g/mol. The lowest BCUT2D eigenvalue weighted by Crippen LogP contribution is -2.02. The van der Waals surface area contributed by atoms with Crippen LogP contribution in [0.4, 0.5) is 0 Å².